The number of rotatable bonds is 4. The van der Waals surface area contributed by atoms with Gasteiger partial charge >= 0.3 is 0 Å². The van der Waals surface area contributed by atoms with Crippen LogP contribution in [0.5, 0.6) is 0 Å². The van der Waals surface area contributed by atoms with Gasteiger partial charge in [-0.1, -0.05) is 12.1 Å². The molecular formula is C16H22N4O3. The number of aromatic nitrogens is 3. The number of β-amino-alcohol motifs (C(OH)–C–C–N with tert-alkyl or cyclic N) is 1. The number of hydrogen-bond acceptors (Lipinski definition) is 5. The van der Waals surface area contributed by atoms with E-state index in [4.69, 9.17) is 4.52 Å². The molecule has 7 nitrogen and oxygen atoms in total. The number of aliphatic hydroxyl groups is 1. The Hall–Kier alpha value is -2.15. The van der Waals surface area contributed by atoms with E-state index in [9.17, 15) is 9.90 Å². The molecule has 124 valence electrons. The summed E-state index contributed by atoms with van der Waals surface area (Å²) in [6, 6.07) is 1.86. The Labute approximate surface area is 134 Å². The van der Waals surface area contributed by atoms with Gasteiger partial charge in [-0.15, -0.1) is 0 Å². The second-order valence-electron chi connectivity index (χ2n) is 6.21. The number of carbonyl (C=O) groups is 1. The topological polar surface area (TPSA) is 95.3 Å². The minimum atomic E-state index is -0.561. The van der Waals surface area contributed by atoms with E-state index < -0.39 is 6.10 Å². The third kappa shape index (κ3) is 3.01. The highest BCUT2D eigenvalue weighted by Crippen LogP contribution is 2.24. The van der Waals surface area contributed by atoms with Crippen molar-refractivity contribution in [3.05, 3.63) is 34.5 Å². The molecule has 0 unspecified atom stereocenters. The number of aromatic amines is 1. The Bertz CT molecular complexity index is 706. The van der Waals surface area contributed by atoms with Gasteiger partial charge in [0.25, 0.3) is 5.91 Å². The van der Waals surface area contributed by atoms with Crippen LogP contribution in [0.25, 0.3) is 0 Å². The fourth-order valence-electron chi connectivity index (χ4n) is 3.13. The van der Waals surface area contributed by atoms with Crippen LogP contribution in [0.4, 0.5) is 0 Å². The summed E-state index contributed by atoms with van der Waals surface area (Å²) < 4.78 is 5.21. The molecule has 1 fully saturated rings. The van der Waals surface area contributed by atoms with Crippen molar-refractivity contribution in [1.82, 2.24) is 20.3 Å². The first-order chi connectivity index (χ1) is 11.0. The van der Waals surface area contributed by atoms with Gasteiger partial charge in [0.05, 0.1) is 11.8 Å². The number of nitrogens with zero attached hydrogens (tertiary/aromatic N) is 3. The van der Waals surface area contributed by atoms with Crippen molar-refractivity contribution < 1.29 is 14.4 Å². The number of carbonyl (C=O) groups excluding carboxylic acids is 1. The molecule has 1 aliphatic heterocycles. The van der Waals surface area contributed by atoms with Gasteiger partial charge in [0, 0.05) is 42.8 Å². The Balaban J connectivity index is 1.70. The summed E-state index contributed by atoms with van der Waals surface area (Å²) in [7, 11) is 0. The Kier molecular flexibility index (Phi) is 4.21. The van der Waals surface area contributed by atoms with E-state index in [0.717, 1.165) is 29.1 Å². The number of H-pyrrole nitrogens is 1. The molecule has 0 radical (unpaired) electrons. The third-order valence-electron chi connectivity index (χ3n) is 4.50. The average Bonchev–Trinajstić information content (AvgIpc) is 3.19. The molecule has 0 bridgehead atoms. The molecule has 3 heterocycles. The molecule has 2 N–H and O–H groups in total. The first-order valence-corrected chi connectivity index (χ1v) is 7.93. The lowest BCUT2D eigenvalue weighted by molar-refractivity contribution is 0.0758. The van der Waals surface area contributed by atoms with Crippen molar-refractivity contribution in [2.45, 2.75) is 39.7 Å². The highest BCUT2D eigenvalue weighted by atomic mass is 16.5. The van der Waals surface area contributed by atoms with Crippen molar-refractivity contribution in [2.24, 2.45) is 5.92 Å². The monoisotopic (exact) mass is 318 g/mol. The molecule has 0 aromatic carbocycles. The molecular weight excluding hydrogens is 296 g/mol. The first-order valence-electron chi connectivity index (χ1n) is 7.93. The van der Waals surface area contributed by atoms with Gasteiger partial charge in [-0.3, -0.25) is 9.89 Å². The molecule has 0 aliphatic carbocycles. The van der Waals surface area contributed by atoms with Gasteiger partial charge < -0.3 is 14.5 Å². The minimum Gasteiger partial charge on any atom is -0.391 e. The van der Waals surface area contributed by atoms with Crippen molar-refractivity contribution in [3.8, 4) is 0 Å². The van der Waals surface area contributed by atoms with Crippen LogP contribution >= 0.6 is 0 Å². The number of aliphatic hydroxyl groups excluding tert-OH is 1. The van der Waals surface area contributed by atoms with E-state index in [1.165, 1.54) is 0 Å². The third-order valence-corrected chi connectivity index (χ3v) is 4.50. The van der Waals surface area contributed by atoms with Gasteiger partial charge in [-0.05, 0) is 20.3 Å². The number of amides is 1. The number of hydrogen-bond donors (Lipinski definition) is 2. The number of nitrogens with one attached hydrogen (secondary N) is 1. The summed E-state index contributed by atoms with van der Waals surface area (Å²) in [5.41, 5.74) is 3.13. The SMILES string of the molecule is CCc1[nH]nc(C(=O)N2C[C@@H](Cc3cc(C)no3)[C@@H](O)C2)c1C. The lowest BCUT2D eigenvalue weighted by atomic mass is 10.0. The van der Waals surface area contributed by atoms with Gasteiger partial charge in [-0.25, -0.2) is 0 Å². The molecule has 23 heavy (non-hydrogen) atoms. The summed E-state index contributed by atoms with van der Waals surface area (Å²) in [6.45, 7) is 6.60. The van der Waals surface area contributed by atoms with Crippen LogP contribution in [0.1, 0.15) is 40.1 Å². The van der Waals surface area contributed by atoms with E-state index in [2.05, 4.69) is 15.4 Å². The molecule has 1 aliphatic rings. The predicted octanol–water partition coefficient (Wildman–Crippen LogP) is 1.25. The van der Waals surface area contributed by atoms with E-state index in [0.29, 0.717) is 25.2 Å². The van der Waals surface area contributed by atoms with Crippen molar-refractivity contribution >= 4 is 5.91 Å². The largest absolute Gasteiger partial charge is 0.391 e. The van der Waals surface area contributed by atoms with Gasteiger partial charge in [-0.2, -0.15) is 5.10 Å². The van der Waals surface area contributed by atoms with E-state index in [1.54, 1.807) is 4.90 Å². The lowest BCUT2D eigenvalue weighted by Crippen LogP contribution is -2.30. The predicted molar refractivity (Wildman–Crippen MR) is 83.0 cm³/mol. The van der Waals surface area contributed by atoms with E-state index >= 15 is 0 Å². The van der Waals surface area contributed by atoms with Crippen LogP contribution < -0.4 is 0 Å². The molecule has 1 saturated heterocycles. The summed E-state index contributed by atoms with van der Waals surface area (Å²) in [4.78, 5) is 14.3. The maximum Gasteiger partial charge on any atom is 0.274 e. The second kappa shape index (κ2) is 6.16. The summed E-state index contributed by atoms with van der Waals surface area (Å²) >= 11 is 0. The van der Waals surface area contributed by atoms with Crippen molar-refractivity contribution in [1.29, 1.82) is 0 Å². The van der Waals surface area contributed by atoms with E-state index in [1.807, 2.05) is 26.8 Å². The Morgan fingerprint density at radius 1 is 1.48 bits per heavy atom. The lowest BCUT2D eigenvalue weighted by Gasteiger charge is -2.14. The zero-order valence-corrected chi connectivity index (χ0v) is 13.7. The smallest absolute Gasteiger partial charge is 0.274 e. The van der Waals surface area contributed by atoms with Gasteiger partial charge in [0.15, 0.2) is 5.69 Å². The number of likely N-dealkylation sites (tertiary alicyclic amines) is 1. The molecule has 2 aromatic rings. The van der Waals surface area contributed by atoms with Crippen LogP contribution in [0.3, 0.4) is 0 Å². The second-order valence-corrected chi connectivity index (χ2v) is 6.21. The maximum absolute atomic E-state index is 12.6. The van der Waals surface area contributed by atoms with Gasteiger partial charge in [0.2, 0.25) is 0 Å². The minimum absolute atomic E-state index is 0.0452. The summed E-state index contributed by atoms with van der Waals surface area (Å²) in [6.07, 6.45) is 0.822. The van der Waals surface area contributed by atoms with Crippen LogP contribution in [0.2, 0.25) is 0 Å². The first kappa shape index (κ1) is 15.7. The Morgan fingerprint density at radius 3 is 2.87 bits per heavy atom. The van der Waals surface area contributed by atoms with Gasteiger partial charge in [0.1, 0.15) is 5.76 Å². The quantitative estimate of drug-likeness (QED) is 0.884. The van der Waals surface area contributed by atoms with E-state index in [-0.39, 0.29) is 11.8 Å². The zero-order chi connectivity index (χ0) is 16.6. The molecule has 0 spiro atoms. The molecule has 0 saturated carbocycles. The van der Waals surface area contributed by atoms with Crippen LogP contribution in [0.15, 0.2) is 10.6 Å². The normalized spacial score (nSPS) is 21.1. The Morgan fingerprint density at radius 2 is 2.26 bits per heavy atom. The zero-order valence-electron chi connectivity index (χ0n) is 13.7. The standard InChI is InChI=1S/C16H22N4O3/c1-4-13-10(3)15(18-17-13)16(22)20-7-11(14(21)8-20)6-12-5-9(2)19-23-12/h5,11,14,21H,4,6-8H2,1-3H3,(H,17,18)/t11-,14+/m1/s1. The highest BCUT2D eigenvalue weighted by molar-refractivity contribution is 5.94. The summed E-state index contributed by atoms with van der Waals surface area (Å²) in [5, 5.41) is 21.2. The molecule has 7 heteroatoms. The average molecular weight is 318 g/mol. The molecule has 3 rings (SSSR count). The van der Waals surface area contributed by atoms with Crippen LogP contribution in [0, 0.1) is 19.8 Å². The number of aryl methyl sites for hydroxylation is 2. The van der Waals surface area contributed by atoms with Crippen molar-refractivity contribution in [3.63, 3.8) is 0 Å². The van der Waals surface area contributed by atoms with Crippen LogP contribution in [-0.4, -0.2) is 50.5 Å². The molecule has 2 atom stereocenters. The fraction of sp³-hybridized carbons (Fsp3) is 0.562. The highest BCUT2D eigenvalue weighted by Gasteiger charge is 2.36. The molecule has 2 aromatic heterocycles. The van der Waals surface area contributed by atoms with Crippen LogP contribution in [-0.2, 0) is 12.8 Å². The molecule has 1 amide bonds. The fourth-order valence-corrected chi connectivity index (χ4v) is 3.13. The maximum atomic E-state index is 12.6. The van der Waals surface area contributed by atoms with Crippen molar-refractivity contribution in [2.75, 3.05) is 13.1 Å². The summed E-state index contributed by atoms with van der Waals surface area (Å²) in [5.74, 6) is 0.565.